The van der Waals surface area contributed by atoms with E-state index >= 15 is 4.39 Å². The van der Waals surface area contributed by atoms with Crippen LogP contribution in [0.4, 0.5) is 14.6 Å². The number of hydrogen-bond acceptors (Lipinski definition) is 7. The first-order valence-corrected chi connectivity index (χ1v) is 13.8. The molecule has 0 saturated carbocycles. The predicted molar refractivity (Wildman–Crippen MR) is 151 cm³/mol. The number of rotatable bonds is 4. The highest BCUT2D eigenvalue weighted by Gasteiger charge is 2.42. The second-order valence-electron chi connectivity index (χ2n) is 8.76. The van der Waals surface area contributed by atoms with Gasteiger partial charge >= 0.3 is 0 Å². The Morgan fingerprint density at radius 2 is 2.05 bits per heavy atom. The summed E-state index contributed by atoms with van der Waals surface area (Å²) in [5.74, 6) is -1.45. The molecule has 0 aliphatic carbocycles. The van der Waals surface area contributed by atoms with E-state index in [1.807, 2.05) is 45.2 Å². The maximum Gasteiger partial charge on any atom is 0.247 e. The smallest absolute Gasteiger partial charge is 0.247 e. The summed E-state index contributed by atoms with van der Waals surface area (Å²) in [4.78, 5) is 26.7. The third kappa shape index (κ3) is 4.25. The lowest BCUT2D eigenvalue weighted by atomic mass is 9.92. The van der Waals surface area contributed by atoms with E-state index in [2.05, 4.69) is 30.5 Å². The van der Waals surface area contributed by atoms with Crippen molar-refractivity contribution in [2.24, 2.45) is 0 Å². The SMILES string of the molecule is [2H]c1c(I)c(N)nc(F)c1-c1nc([C@H]2CC[C@H]3CC(c4c(-n5cnnn5)ccc(Cl)c4F)=CC(=O)N32)[nH]c1I. The summed E-state index contributed by atoms with van der Waals surface area (Å²) in [5, 5.41) is 11.0. The number of pyridine rings is 1. The van der Waals surface area contributed by atoms with Gasteiger partial charge in [0.1, 0.15) is 27.4 Å². The number of nitrogens with one attached hydrogen (secondary N) is 1. The highest BCUT2D eigenvalue weighted by atomic mass is 127. The number of imidazole rings is 1. The van der Waals surface area contributed by atoms with E-state index in [0.29, 0.717) is 43.6 Å². The molecule has 2 aliphatic rings. The number of benzene rings is 1. The summed E-state index contributed by atoms with van der Waals surface area (Å²) in [6, 6.07) is 2.27. The zero-order chi connectivity index (χ0) is 27.6. The van der Waals surface area contributed by atoms with E-state index in [0.717, 1.165) is 0 Å². The fourth-order valence-corrected chi connectivity index (χ4v) is 6.20. The highest BCUT2D eigenvalue weighted by Crippen LogP contribution is 2.44. The van der Waals surface area contributed by atoms with Crippen LogP contribution in [0.3, 0.4) is 0 Å². The molecule has 1 aromatic carbocycles. The fourth-order valence-electron chi connectivity index (χ4n) is 4.99. The van der Waals surface area contributed by atoms with Gasteiger partial charge in [0.05, 0.1) is 27.3 Å². The summed E-state index contributed by atoms with van der Waals surface area (Å²) in [6.45, 7) is 0. The molecule has 1 saturated heterocycles. The molecule has 3 aromatic heterocycles. The number of amides is 1. The van der Waals surface area contributed by atoms with Gasteiger partial charge in [-0.25, -0.2) is 14.4 Å². The number of nitrogen functional groups attached to an aromatic ring is 1. The minimum Gasteiger partial charge on any atom is -0.383 e. The molecule has 0 bridgehead atoms. The summed E-state index contributed by atoms with van der Waals surface area (Å²) in [6.07, 6.45) is 4.35. The molecule has 6 rings (SSSR count). The molecule has 194 valence electrons. The molecular formula is C23H16ClF2I2N9O. The van der Waals surface area contributed by atoms with Crippen LogP contribution in [-0.2, 0) is 4.79 Å². The van der Waals surface area contributed by atoms with Crippen molar-refractivity contribution in [3.63, 3.8) is 0 Å². The molecule has 0 unspecified atom stereocenters. The minimum absolute atomic E-state index is 0.0613. The van der Waals surface area contributed by atoms with Crippen molar-refractivity contribution in [1.82, 2.24) is 40.1 Å². The Balaban J connectivity index is 1.36. The van der Waals surface area contributed by atoms with Gasteiger partial charge in [0.25, 0.3) is 0 Å². The molecule has 1 amide bonds. The van der Waals surface area contributed by atoms with Crippen LogP contribution < -0.4 is 5.73 Å². The summed E-state index contributed by atoms with van der Waals surface area (Å²) < 4.78 is 40.6. The van der Waals surface area contributed by atoms with E-state index < -0.39 is 17.8 Å². The molecule has 10 nitrogen and oxygen atoms in total. The number of fused-ring (bicyclic) bond motifs is 1. The van der Waals surface area contributed by atoms with Crippen molar-refractivity contribution in [1.29, 1.82) is 0 Å². The van der Waals surface area contributed by atoms with Crippen LogP contribution in [0.25, 0.3) is 22.5 Å². The molecular weight excluding hydrogens is 746 g/mol. The maximum atomic E-state index is 15.3. The van der Waals surface area contributed by atoms with E-state index in [-0.39, 0.29) is 45.7 Å². The van der Waals surface area contributed by atoms with Crippen LogP contribution in [0, 0.1) is 19.0 Å². The number of aromatic nitrogens is 7. The Hall–Kier alpha value is -2.73. The number of tetrazole rings is 1. The van der Waals surface area contributed by atoms with E-state index in [4.69, 9.17) is 18.7 Å². The number of hydrogen-bond donors (Lipinski definition) is 2. The fraction of sp³-hybridized carbons (Fsp3) is 0.217. The molecule has 3 N–H and O–H groups in total. The summed E-state index contributed by atoms with van der Waals surface area (Å²) in [7, 11) is 0. The van der Waals surface area contributed by atoms with Crippen molar-refractivity contribution in [2.45, 2.75) is 31.3 Å². The third-order valence-electron chi connectivity index (χ3n) is 6.61. The van der Waals surface area contributed by atoms with Crippen LogP contribution >= 0.6 is 56.8 Å². The number of halogens is 5. The number of carbonyl (C=O) groups excluding carboxylic acids is 1. The van der Waals surface area contributed by atoms with Crippen molar-refractivity contribution in [3.8, 4) is 16.9 Å². The number of aromatic amines is 1. The number of carbonyl (C=O) groups is 1. The summed E-state index contributed by atoms with van der Waals surface area (Å²) >= 11 is 9.94. The average Bonchev–Trinajstić information content (AvgIpc) is 3.65. The van der Waals surface area contributed by atoms with Gasteiger partial charge in [-0.2, -0.15) is 9.07 Å². The van der Waals surface area contributed by atoms with Crippen LogP contribution in [0.5, 0.6) is 0 Å². The molecule has 2 aliphatic heterocycles. The molecule has 38 heavy (non-hydrogen) atoms. The zero-order valence-corrected chi connectivity index (χ0v) is 24.2. The molecule has 15 heteroatoms. The number of nitrogens with two attached hydrogens (primary N) is 1. The van der Waals surface area contributed by atoms with E-state index in [9.17, 15) is 9.18 Å². The quantitative estimate of drug-likeness (QED) is 0.228. The van der Waals surface area contributed by atoms with Gasteiger partial charge in [-0.1, -0.05) is 11.6 Å². The number of nitrogens with zero attached hydrogens (tertiary/aromatic N) is 7. The lowest BCUT2D eigenvalue weighted by Crippen LogP contribution is -2.39. The minimum atomic E-state index is -0.887. The normalized spacial score (nSPS) is 19.5. The number of H-pyrrole nitrogens is 1. The Labute approximate surface area is 247 Å². The van der Waals surface area contributed by atoms with Crippen molar-refractivity contribution in [3.05, 3.63) is 66.0 Å². The molecule has 0 spiro atoms. The van der Waals surface area contributed by atoms with E-state index in [1.165, 1.54) is 23.2 Å². The first kappa shape index (κ1) is 24.3. The average molecular weight is 763 g/mol. The Bertz CT molecular complexity index is 1680. The second kappa shape index (κ2) is 9.78. The van der Waals surface area contributed by atoms with Gasteiger partial charge in [-0.3, -0.25) is 4.79 Å². The molecule has 4 aromatic rings. The van der Waals surface area contributed by atoms with Crippen LogP contribution in [-0.4, -0.2) is 52.0 Å². The van der Waals surface area contributed by atoms with E-state index in [1.54, 1.807) is 11.0 Å². The zero-order valence-electron chi connectivity index (χ0n) is 20.1. The topological polar surface area (TPSA) is 132 Å². The lowest BCUT2D eigenvalue weighted by molar-refractivity contribution is -0.129. The molecule has 0 radical (unpaired) electrons. The van der Waals surface area contributed by atoms with Gasteiger partial charge in [0.2, 0.25) is 11.9 Å². The van der Waals surface area contributed by atoms with Gasteiger partial charge in [-0.15, -0.1) is 5.10 Å². The number of anilines is 1. The molecule has 2 atom stereocenters. The first-order valence-electron chi connectivity index (χ1n) is 11.8. The maximum absolute atomic E-state index is 15.3. The Kier molecular flexibility index (Phi) is 6.26. The highest BCUT2D eigenvalue weighted by molar-refractivity contribution is 14.1. The van der Waals surface area contributed by atoms with Gasteiger partial charge in [-0.05, 0) is 98.6 Å². The third-order valence-corrected chi connectivity index (χ3v) is 8.51. The van der Waals surface area contributed by atoms with Gasteiger partial charge in [0.15, 0.2) is 5.82 Å². The predicted octanol–water partition coefficient (Wildman–Crippen LogP) is 4.69. The van der Waals surface area contributed by atoms with Crippen LogP contribution in [0.15, 0.2) is 30.6 Å². The standard InChI is InChI=1S/C23H16ClF2I2N9O/c24-12-2-4-14(36-8-30-34-35-36)17(18(12)25)9-5-10-1-3-15(37(10)16(38)6-9)23-31-19(21(28)33-23)11-7-13(27)22(29)32-20(11)26/h2,4,6-8,10,15H,1,3,5H2,(H2,29,32)(H,31,33)/t10-,15+/m0/s1/i7D. The lowest BCUT2D eigenvalue weighted by Gasteiger charge is -2.33. The largest absolute Gasteiger partial charge is 0.383 e. The summed E-state index contributed by atoms with van der Waals surface area (Å²) in [5.41, 5.74) is 6.91. The van der Waals surface area contributed by atoms with Gasteiger partial charge < -0.3 is 15.6 Å². The van der Waals surface area contributed by atoms with Gasteiger partial charge in [0, 0.05) is 17.7 Å². The second-order valence-corrected chi connectivity index (χ2v) is 11.3. The first-order chi connectivity index (χ1) is 18.7. The Morgan fingerprint density at radius 1 is 1.24 bits per heavy atom. The Morgan fingerprint density at radius 3 is 2.82 bits per heavy atom. The monoisotopic (exact) mass is 762 g/mol. The van der Waals surface area contributed by atoms with Crippen molar-refractivity contribution < 1.29 is 14.9 Å². The van der Waals surface area contributed by atoms with Crippen LogP contribution in [0.2, 0.25) is 5.02 Å². The van der Waals surface area contributed by atoms with Crippen LogP contribution in [0.1, 0.15) is 38.1 Å². The van der Waals surface area contributed by atoms with Crippen molar-refractivity contribution in [2.75, 3.05) is 5.73 Å². The van der Waals surface area contributed by atoms with Crippen molar-refractivity contribution >= 4 is 74.1 Å². The molecule has 1 fully saturated rings. The molecule has 5 heterocycles.